The van der Waals surface area contributed by atoms with E-state index in [2.05, 4.69) is 44.2 Å². The molecule has 0 amide bonds. The molecule has 0 N–H and O–H groups in total. The Morgan fingerprint density at radius 1 is 1.09 bits per heavy atom. The molecule has 0 heterocycles. The molecule has 0 aliphatic rings. The molecule has 0 radical (unpaired) electrons. The Morgan fingerprint density at radius 2 is 1.64 bits per heavy atom. The first-order valence-corrected chi connectivity index (χ1v) is 3.62. The van der Waals surface area contributed by atoms with Crippen molar-refractivity contribution in [1.82, 2.24) is 0 Å². The number of hydrogen-bond acceptors (Lipinski definition) is 0. The van der Waals surface area contributed by atoms with E-state index in [-0.39, 0.29) is 21.1 Å². The second kappa shape index (κ2) is 5.54. The van der Waals surface area contributed by atoms with E-state index in [0.29, 0.717) is 0 Å². The third-order valence-electron chi connectivity index (χ3n) is 1.40. The Morgan fingerprint density at radius 3 is 2.09 bits per heavy atom. The van der Waals surface area contributed by atoms with Crippen LogP contribution in [0.25, 0.3) is 0 Å². The van der Waals surface area contributed by atoms with Crippen molar-refractivity contribution in [2.45, 2.75) is 20.3 Å². The Bertz CT molecular complexity index is 179. The fourth-order valence-electron chi connectivity index (χ4n) is 1.00. The van der Waals surface area contributed by atoms with Crippen LogP contribution in [0, 0.1) is 5.92 Å². The van der Waals surface area contributed by atoms with E-state index in [0.717, 1.165) is 6.42 Å². The smallest absolute Gasteiger partial charge is 0 e. The van der Waals surface area contributed by atoms with Gasteiger partial charge in [0.25, 0.3) is 0 Å². The van der Waals surface area contributed by atoms with E-state index in [1.807, 2.05) is 0 Å². The van der Waals surface area contributed by atoms with Crippen molar-refractivity contribution in [2.24, 2.45) is 0 Å². The molecule has 0 saturated carbocycles. The van der Waals surface area contributed by atoms with Gasteiger partial charge in [-0.3, -0.25) is 0 Å². The molecule has 1 aromatic carbocycles. The number of hydrogen-bond donors (Lipinski definition) is 0. The molecule has 1 aromatic rings. The van der Waals surface area contributed by atoms with Gasteiger partial charge >= 0.3 is 0 Å². The van der Waals surface area contributed by atoms with E-state index in [1.165, 1.54) is 11.5 Å². The summed E-state index contributed by atoms with van der Waals surface area (Å²) in [6, 6.07) is 10.5. The number of benzene rings is 1. The maximum atomic E-state index is 2.16. The van der Waals surface area contributed by atoms with Crippen LogP contribution in [0.5, 0.6) is 0 Å². The normalized spacial score (nSPS) is 9.36. The van der Waals surface area contributed by atoms with E-state index in [9.17, 15) is 0 Å². The molecule has 0 aliphatic heterocycles. The standard InChI is InChI=1S/C10H13.W/c1-9(2)8-10-6-4-3-5-7-10;/h3-7H,8H2,1-2H3;/q-1;. The SMILES string of the molecule is C[C-](C)Cc1ccccc1.[W]. The molecule has 0 nitrogen and oxygen atoms in total. The Kier molecular flexibility index (Phi) is 5.50. The van der Waals surface area contributed by atoms with Gasteiger partial charge in [0.05, 0.1) is 0 Å². The number of rotatable bonds is 2. The molecular formula is C10H13W-. The predicted molar refractivity (Wildman–Crippen MR) is 44.7 cm³/mol. The van der Waals surface area contributed by atoms with Crippen molar-refractivity contribution in [3.63, 3.8) is 0 Å². The van der Waals surface area contributed by atoms with Crippen molar-refractivity contribution in [3.8, 4) is 0 Å². The van der Waals surface area contributed by atoms with Crippen LogP contribution in [0.15, 0.2) is 30.3 Å². The summed E-state index contributed by atoms with van der Waals surface area (Å²) in [7, 11) is 0. The zero-order valence-corrected chi connectivity index (χ0v) is 9.94. The van der Waals surface area contributed by atoms with Gasteiger partial charge in [0.2, 0.25) is 0 Å². The monoisotopic (exact) mass is 317 g/mol. The van der Waals surface area contributed by atoms with E-state index >= 15 is 0 Å². The fraction of sp³-hybridized carbons (Fsp3) is 0.300. The van der Waals surface area contributed by atoms with Gasteiger partial charge in [-0.2, -0.15) is 20.3 Å². The predicted octanol–water partition coefficient (Wildman–Crippen LogP) is 2.84. The van der Waals surface area contributed by atoms with Gasteiger partial charge in [-0.05, 0) is 0 Å². The average molecular weight is 317 g/mol. The van der Waals surface area contributed by atoms with Crippen LogP contribution >= 0.6 is 0 Å². The van der Waals surface area contributed by atoms with Gasteiger partial charge in [0.1, 0.15) is 0 Å². The molecule has 0 saturated heterocycles. The summed E-state index contributed by atoms with van der Waals surface area (Å²) in [4.78, 5) is 0. The van der Waals surface area contributed by atoms with Crippen molar-refractivity contribution >= 4 is 0 Å². The maximum absolute atomic E-state index is 2.16. The summed E-state index contributed by atoms with van der Waals surface area (Å²) >= 11 is 0. The minimum absolute atomic E-state index is 0. The van der Waals surface area contributed by atoms with Crippen molar-refractivity contribution < 1.29 is 21.1 Å². The summed E-state index contributed by atoms with van der Waals surface area (Å²) in [5.41, 5.74) is 1.41. The van der Waals surface area contributed by atoms with Gasteiger partial charge in [-0.25, -0.2) is 0 Å². The molecule has 0 aromatic heterocycles. The molecular weight excluding hydrogens is 304 g/mol. The largest absolute Gasteiger partial charge is 0.315 e. The van der Waals surface area contributed by atoms with Crippen molar-refractivity contribution in [3.05, 3.63) is 41.8 Å². The topological polar surface area (TPSA) is 0 Å². The van der Waals surface area contributed by atoms with Crippen LogP contribution in [0.4, 0.5) is 0 Å². The zero-order valence-electron chi connectivity index (χ0n) is 7.00. The molecule has 60 valence electrons. The van der Waals surface area contributed by atoms with Crippen LogP contribution in [0.2, 0.25) is 0 Å². The van der Waals surface area contributed by atoms with Crippen molar-refractivity contribution in [2.75, 3.05) is 0 Å². The van der Waals surface area contributed by atoms with E-state index in [1.54, 1.807) is 0 Å². The zero-order chi connectivity index (χ0) is 7.40. The Hall–Kier alpha value is -0.0917. The minimum Gasteiger partial charge on any atom is -0.315 e. The average Bonchev–Trinajstić information content (AvgIpc) is 1.88. The fourth-order valence-corrected chi connectivity index (χ4v) is 1.00. The first-order chi connectivity index (χ1) is 4.79. The van der Waals surface area contributed by atoms with Crippen LogP contribution in [0.1, 0.15) is 19.4 Å². The summed E-state index contributed by atoms with van der Waals surface area (Å²) < 4.78 is 0. The molecule has 0 aliphatic carbocycles. The van der Waals surface area contributed by atoms with Crippen LogP contribution in [-0.2, 0) is 27.5 Å². The van der Waals surface area contributed by atoms with Crippen LogP contribution < -0.4 is 0 Å². The third-order valence-corrected chi connectivity index (χ3v) is 1.40. The second-order valence-corrected chi connectivity index (χ2v) is 2.87. The molecule has 0 spiro atoms. The summed E-state index contributed by atoms with van der Waals surface area (Å²) in [5, 5.41) is 0. The first-order valence-electron chi connectivity index (χ1n) is 3.62. The summed E-state index contributed by atoms with van der Waals surface area (Å²) in [6.45, 7) is 4.32. The molecule has 11 heavy (non-hydrogen) atoms. The van der Waals surface area contributed by atoms with Gasteiger partial charge in [-0.1, -0.05) is 35.9 Å². The summed E-state index contributed by atoms with van der Waals surface area (Å²) in [6.07, 6.45) is 1.11. The van der Waals surface area contributed by atoms with E-state index < -0.39 is 0 Å². The van der Waals surface area contributed by atoms with Gasteiger partial charge in [-0.15, -0.1) is 0 Å². The van der Waals surface area contributed by atoms with Crippen molar-refractivity contribution in [1.29, 1.82) is 0 Å². The maximum Gasteiger partial charge on any atom is 0 e. The van der Waals surface area contributed by atoms with Crippen LogP contribution in [-0.4, -0.2) is 0 Å². The first kappa shape index (κ1) is 10.9. The molecule has 0 fully saturated rings. The third kappa shape index (κ3) is 4.37. The molecule has 0 bridgehead atoms. The molecule has 0 atom stereocenters. The van der Waals surface area contributed by atoms with Gasteiger partial charge in [0, 0.05) is 21.1 Å². The van der Waals surface area contributed by atoms with E-state index in [4.69, 9.17) is 0 Å². The Labute approximate surface area is 83.3 Å². The quantitative estimate of drug-likeness (QED) is 0.736. The molecule has 0 unspecified atom stereocenters. The molecule has 1 heteroatoms. The van der Waals surface area contributed by atoms with Crippen LogP contribution in [0.3, 0.4) is 0 Å². The van der Waals surface area contributed by atoms with Gasteiger partial charge < -0.3 is 5.92 Å². The molecule has 1 rings (SSSR count). The van der Waals surface area contributed by atoms with Gasteiger partial charge in [0.15, 0.2) is 0 Å². The second-order valence-electron chi connectivity index (χ2n) is 2.87. The minimum atomic E-state index is 0. The Balaban J connectivity index is 0.000001000. The summed E-state index contributed by atoms with van der Waals surface area (Å²) in [5.74, 6) is 1.46.